The number of carbonyl (C=O) groups is 1. The van der Waals surface area contributed by atoms with E-state index in [4.69, 9.17) is 0 Å². The van der Waals surface area contributed by atoms with E-state index in [0.29, 0.717) is 6.07 Å². The average Bonchev–Trinajstić information content (AvgIpc) is 2.37. The fourth-order valence-electron chi connectivity index (χ4n) is 1.67. The van der Waals surface area contributed by atoms with Gasteiger partial charge in [0.15, 0.2) is 5.78 Å². The maximum absolute atomic E-state index is 13.3. The Hall–Kier alpha value is -2.17. The molecule has 98 valence electrons. The molecule has 0 atom stereocenters. The molecule has 0 aliphatic heterocycles. The maximum Gasteiger partial charge on any atom is 0.170 e. The Morgan fingerprint density at radius 3 is 2.16 bits per heavy atom. The first kappa shape index (κ1) is 13.3. The molecule has 0 bridgehead atoms. The molecule has 0 radical (unpaired) electrons. The quantitative estimate of drug-likeness (QED) is 0.613. The lowest BCUT2D eigenvalue weighted by molar-refractivity contribution is 0.0986. The summed E-state index contributed by atoms with van der Waals surface area (Å²) in [7, 11) is 0. The molecule has 0 saturated carbocycles. The molecule has 0 heterocycles. The number of ketones is 1. The van der Waals surface area contributed by atoms with E-state index in [1.807, 2.05) is 0 Å². The molecule has 2 aromatic rings. The molecule has 2 aromatic carbocycles. The minimum atomic E-state index is -0.928. The van der Waals surface area contributed by atoms with Crippen LogP contribution in [0.25, 0.3) is 0 Å². The van der Waals surface area contributed by atoms with Crippen molar-refractivity contribution < 1.29 is 22.4 Å². The van der Waals surface area contributed by atoms with Gasteiger partial charge in [0.05, 0.1) is 5.56 Å². The van der Waals surface area contributed by atoms with Gasteiger partial charge in [-0.3, -0.25) is 4.79 Å². The van der Waals surface area contributed by atoms with Crippen LogP contribution in [-0.2, 0) is 6.42 Å². The Bertz CT molecular complexity index is 617. The SMILES string of the molecule is O=C(Cc1c(F)cccc1F)c1cc(F)ccc1F. The zero-order chi connectivity index (χ0) is 14.0. The van der Waals surface area contributed by atoms with Gasteiger partial charge in [-0.05, 0) is 30.3 Å². The van der Waals surface area contributed by atoms with E-state index >= 15 is 0 Å². The number of carbonyl (C=O) groups excluding carboxylic acids is 1. The van der Waals surface area contributed by atoms with Crippen LogP contribution in [0.5, 0.6) is 0 Å². The third-order valence-corrected chi connectivity index (χ3v) is 2.63. The van der Waals surface area contributed by atoms with Crippen LogP contribution in [0.1, 0.15) is 15.9 Å². The molecule has 5 heteroatoms. The Morgan fingerprint density at radius 2 is 1.53 bits per heavy atom. The van der Waals surface area contributed by atoms with Gasteiger partial charge < -0.3 is 0 Å². The van der Waals surface area contributed by atoms with Crippen molar-refractivity contribution in [1.82, 2.24) is 0 Å². The molecular weight excluding hydrogens is 260 g/mol. The molecule has 2 rings (SSSR count). The fraction of sp³-hybridized carbons (Fsp3) is 0.0714. The highest BCUT2D eigenvalue weighted by Crippen LogP contribution is 2.17. The highest BCUT2D eigenvalue weighted by Gasteiger charge is 2.17. The Morgan fingerprint density at radius 1 is 0.895 bits per heavy atom. The summed E-state index contributed by atoms with van der Waals surface area (Å²) in [5.41, 5.74) is -0.987. The maximum atomic E-state index is 13.3. The van der Waals surface area contributed by atoms with Gasteiger partial charge in [0.2, 0.25) is 0 Å². The van der Waals surface area contributed by atoms with E-state index < -0.39 is 46.6 Å². The molecule has 0 fully saturated rings. The van der Waals surface area contributed by atoms with Gasteiger partial charge >= 0.3 is 0 Å². The summed E-state index contributed by atoms with van der Waals surface area (Å²) in [6, 6.07) is 5.50. The van der Waals surface area contributed by atoms with E-state index in [9.17, 15) is 22.4 Å². The first-order chi connectivity index (χ1) is 8.99. The molecule has 0 spiro atoms. The Kier molecular flexibility index (Phi) is 3.64. The lowest BCUT2D eigenvalue weighted by Gasteiger charge is -2.05. The summed E-state index contributed by atoms with van der Waals surface area (Å²) in [5.74, 6) is -4.40. The lowest BCUT2D eigenvalue weighted by atomic mass is 10.0. The topological polar surface area (TPSA) is 17.1 Å². The summed E-state index contributed by atoms with van der Waals surface area (Å²) in [6.07, 6.45) is -0.668. The van der Waals surface area contributed by atoms with E-state index in [1.54, 1.807) is 0 Å². The minimum absolute atomic E-state index is 0.462. The molecule has 0 aromatic heterocycles. The number of hydrogen-bond acceptors (Lipinski definition) is 1. The first-order valence-electron chi connectivity index (χ1n) is 5.40. The lowest BCUT2D eigenvalue weighted by Crippen LogP contribution is -2.09. The third kappa shape index (κ3) is 2.81. The van der Waals surface area contributed by atoms with Crippen LogP contribution >= 0.6 is 0 Å². The summed E-state index contributed by atoms with van der Waals surface area (Å²) < 4.78 is 53.0. The summed E-state index contributed by atoms with van der Waals surface area (Å²) in [6.45, 7) is 0. The molecule has 0 aliphatic carbocycles. The first-order valence-corrected chi connectivity index (χ1v) is 5.40. The van der Waals surface area contributed by atoms with Crippen molar-refractivity contribution in [3.63, 3.8) is 0 Å². The summed E-state index contributed by atoms with van der Waals surface area (Å²) in [4.78, 5) is 11.8. The number of halogens is 4. The van der Waals surface area contributed by atoms with Gasteiger partial charge in [-0.25, -0.2) is 17.6 Å². The predicted molar refractivity (Wildman–Crippen MR) is 60.8 cm³/mol. The number of benzene rings is 2. The molecular formula is C14H8F4O. The fourth-order valence-corrected chi connectivity index (χ4v) is 1.67. The van der Waals surface area contributed by atoms with Gasteiger partial charge in [-0.2, -0.15) is 0 Å². The van der Waals surface area contributed by atoms with Gasteiger partial charge in [-0.1, -0.05) is 6.07 Å². The predicted octanol–water partition coefficient (Wildman–Crippen LogP) is 3.67. The second-order valence-electron chi connectivity index (χ2n) is 3.92. The smallest absolute Gasteiger partial charge is 0.170 e. The van der Waals surface area contributed by atoms with Crippen molar-refractivity contribution in [1.29, 1.82) is 0 Å². The van der Waals surface area contributed by atoms with Crippen molar-refractivity contribution >= 4 is 5.78 Å². The molecule has 0 amide bonds. The van der Waals surface area contributed by atoms with Gasteiger partial charge in [-0.15, -0.1) is 0 Å². The average molecular weight is 268 g/mol. The largest absolute Gasteiger partial charge is 0.294 e. The van der Waals surface area contributed by atoms with Crippen molar-refractivity contribution in [2.75, 3.05) is 0 Å². The van der Waals surface area contributed by atoms with Crippen LogP contribution in [0.2, 0.25) is 0 Å². The minimum Gasteiger partial charge on any atom is -0.294 e. The second kappa shape index (κ2) is 5.22. The van der Waals surface area contributed by atoms with Crippen LogP contribution < -0.4 is 0 Å². The van der Waals surface area contributed by atoms with Crippen LogP contribution in [-0.4, -0.2) is 5.78 Å². The van der Waals surface area contributed by atoms with Crippen LogP contribution in [0.3, 0.4) is 0 Å². The van der Waals surface area contributed by atoms with E-state index in [1.165, 1.54) is 0 Å². The van der Waals surface area contributed by atoms with E-state index in [-0.39, 0.29) is 0 Å². The summed E-state index contributed by atoms with van der Waals surface area (Å²) >= 11 is 0. The number of Topliss-reactive ketones (excluding diaryl/α,β-unsaturated/α-hetero) is 1. The van der Waals surface area contributed by atoms with Gasteiger partial charge in [0, 0.05) is 12.0 Å². The number of rotatable bonds is 3. The molecule has 1 nitrogen and oxygen atoms in total. The Labute approximate surface area is 106 Å². The van der Waals surface area contributed by atoms with Crippen molar-refractivity contribution in [2.45, 2.75) is 6.42 Å². The van der Waals surface area contributed by atoms with Crippen LogP contribution in [0, 0.1) is 23.3 Å². The molecule has 0 saturated heterocycles. The standard InChI is InChI=1S/C14H8F4O/c15-8-4-5-13(18)10(6-8)14(19)7-9-11(16)2-1-3-12(9)17/h1-6H,7H2. The highest BCUT2D eigenvalue weighted by molar-refractivity contribution is 5.97. The Balaban J connectivity index is 2.34. The molecule has 0 aliphatic rings. The molecule has 0 unspecified atom stereocenters. The van der Waals surface area contributed by atoms with Crippen LogP contribution in [0.15, 0.2) is 36.4 Å². The summed E-state index contributed by atoms with van der Waals surface area (Å²) in [5, 5.41) is 0. The van der Waals surface area contributed by atoms with Crippen molar-refractivity contribution in [2.24, 2.45) is 0 Å². The van der Waals surface area contributed by atoms with Gasteiger partial charge in [0.1, 0.15) is 23.3 Å². The molecule has 19 heavy (non-hydrogen) atoms. The number of hydrogen-bond donors (Lipinski definition) is 0. The van der Waals surface area contributed by atoms with Crippen molar-refractivity contribution in [3.8, 4) is 0 Å². The highest BCUT2D eigenvalue weighted by atomic mass is 19.1. The second-order valence-corrected chi connectivity index (χ2v) is 3.92. The normalized spacial score (nSPS) is 10.5. The molecule has 0 N–H and O–H groups in total. The zero-order valence-corrected chi connectivity index (χ0v) is 9.59. The van der Waals surface area contributed by atoms with E-state index in [2.05, 4.69) is 0 Å². The van der Waals surface area contributed by atoms with Gasteiger partial charge in [0.25, 0.3) is 0 Å². The van der Waals surface area contributed by atoms with Crippen molar-refractivity contribution in [3.05, 3.63) is 70.8 Å². The van der Waals surface area contributed by atoms with E-state index in [0.717, 1.165) is 30.3 Å². The monoisotopic (exact) mass is 268 g/mol. The zero-order valence-electron chi connectivity index (χ0n) is 9.59. The van der Waals surface area contributed by atoms with Crippen LogP contribution in [0.4, 0.5) is 17.6 Å². The third-order valence-electron chi connectivity index (χ3n) is 2.63.